The van der Waals surface area contributed by atoms with Crippen LogP contribution in [0.15, 0.2) is 30.5 Å². The molecule has 0 aromatic carbocycles. The molecule has 4 rings (SSSR count). The third-order valence-corrected chi connectivity index (χ3v) is 7.09. The quantitative estimate of drug-likeness (QED) is 0.491. The fourth-order valence-electron chi connectivity index (χ4n) is 5.07. The van der Waals surface area contributed by atoms with E-state index in [4.69, 9.17) is 4.74 Å². The number of ether oxygens (including phenoxy) is 1. The second-order valence-electron chi connectivity index (χ2n) is 9.52. The first-order valence-corrected chi connectivity index (χ1v) is 12.5. The Bertz CT molecular complexity index is 1020. The number of alkyl halides is 4. The SMILES string of the molecule is O=C(NC1CCC(CCN2CCc3ccc(OCC(F)F)nc3CC2)CC1)c1cccnc1C(F)F. The zero-order chi connectivity index (χ0) is 25.5. The maximum Gasteiger partial charge on any atom is 0.281 e. The van der Waals surface area contributed by atoms with Gasteiger partial charge in [-0.3, -0.25) is 9.78 Å². The van der Waals surface area contributed by atoms with Crippen LogP contribution >= 0.6 is 0 Å². The van der Waals surface area contributed by atoms with E-state index in [0.717, 1.165) is 75.8 Å². The normalized spacial score (nSPS) is 20.7. The van der Waals surface area contributed by atoms with E-state index in [1.165, 1.54) is 18.3 Å². The molecule has 0 unspecified atom stereocenters. The van der Waals surface area contributed by atoms with Crippen molar-refractivity contribution in [2.24, 2.45) is 5.92 Å². The number of fused-ring (bicyclic) bond motifs is 1. The van der Waals surface area contributed by atoms with E-state index in [0.29, 0.717) is 5.92 Å². The number of hydrogen-bond acceptors (Lipinski definition) is 5. The number of nitrogens with zero attached hydrogens (tertiary/aromatic N) is 3. The van der Waals surface area contributed by atoms with Crippen molar-refractivity contribution < 1.29 is 27.1 Å². The van der Waals surface area contributed by atoms with Crippen LogP contribution in [-0.4, -0.2) is 59.5 Å². The summed E-state index contributed by atoms with van der Waals surface area (Å²) in [7, 11) is 0. The van der Waals surface area contributed by atoms with E-state index in [2.05, 4.69) is 20.2 Å². The minimum absolute atomic E-state index is 0.0141. The van der Waals surface area contributed by atoms with Crippen LogP contribution in [0.4, 0.5) is 17.6 Å². The van der Waals surface area contributed by atoms with E-state index in [1.54, 1.807) is 6.07 Å². The van der Waals surface area contributed by atoms with Gasteiger partial charge in [0.05, 0.1) is 5.56 Å². The van der Waals surface area contributed by atoms with Crippen LogP contribution in [0.5, 0.6) is 5.88 Å². The van der Waals surface area contributed by atoms with Crippen molar-refractivity contribution in [1.82, 2.24) is 20.2 Å². The number of nitrogens with one attached hydrogen (secondary N) is 1. The third kappa shape index (κ3) is 7.15. The summed E-state index contributed by atoms with van der Waals surface area (Å²) in [5.41, 5.74) is 1.53. The van der Waals surface area contributed by atoms with Crippen LogP contribution in [0, 0.1) is 5.92 Å². The highest BCUT2D eigenvalue weighted by atomic mass is 19.3. The summed E-state index contributed by atoms with van der Waals surface area (Å²) >= 11 is 0. The maximum atomic E-state index is 13.2. The van der Waals surface area contributed by atoms with Gasteiger partial charge in [0.15, 0.2) is 6.61 Å². The van der Waals surface area contributed by atoms with Gasteiger partial charge in [0, 0.05) is 43.5 Å². The Morgan fingerprint density at radius 3 is 2.61 bits per heavy atom. The summed E-state index contributed by atoms with van der Waals surface area (Å²) in [6.45, 7) is 2.11. The van der Waals surface area contributed by atoms with Gasteiger partial charge in [-0.25, -0.2) is 22.5 Å². The van der Waals surface area contributed by atoms with Crippen LogP contribution in [0.2, 0.25) is 0 Å². The molecule has 1 fully saturated rings. The predicted molar refractivity (Wildman–Crippen MR) is 127 cm³/mol. The molecular formula is C26H32F4N4O2. The highest BCUT2D eigenvalue weighted by Gasteiger charge is 2.26. The number of carbonyl (C=O) groups excluding carboxylic acids is 1. The second kappa shape index (κ2) is 12.5. The molecule has 1 aliphatic carbocycles. The van der Waals surface area contributed by atoms with Crippen molar-refractivity contribution in [3.63, 3.8) is 0 Å². The van der Waals surface area contributed by atoms with E-state index in [9.17, 15) is 22.4 Å². The Morgan fingerprint density at radius 2 is 1.86 bits per heavy atom. The van der Waals surface area contributed by atoms with Gasteiger partial charge in [0.1, 0.15) is 5.69 Å². The maximum absolute atomic E-state index is 13.2. The molecular weight excluding hydrogens is 476 g/mol. The van der Waals surface area contributed by atoms with Crippen LogP contribution in [0.1, 0.15) is 65.8 Å². The molecule has 1 saturated carbocycles. The first-order chi connectivity index (χ1) is 17.4. The number of pyridine rings is 2. The van der Waals surface area contributed by atoms with Gasteiger partial charge < -0.3 is 15.0 Å². The van der Waals surface area contributed by atoms with Gasteiger partial charge in [-0.05, 0) is 68.7 Å². The number of aromatic nitrogens is 2. The molecule has 2 aromatic rings. The first-order valence-electron chi connectivity index (χ1n) is 12.5. The second-order valence-corrected chi connectivity index (χ2v) is 9.52. The Morgan fingerprint density at radius 1 is 1.08 bits per heavy atom. The molecule has 0 bridgehead atoms. The smallest absolute Gasteiger partial charge is 0.281 e. The molecule has 36 heavy (non-hydrogen) atoms. The van der Waals surface area contributed by atoms with Crippen LogP contribution in [0.25, 0.3) is 0 Å². The van der Waals surface area contributed by atoms with E-state index in [1.807, 2.05) is 6.07 Å². The summed E-state index contributed by atoms with van der Waals surface area (Å²) in [6, 6.07) is 6.46. The Kier molecular flexibility index (Phi) is 9.12. The van der Waals surface area contributed by atoms with Gasteiger partial charge in [0.25, 0.3) is 18.8 Å². The van der Waals surface area contributed by atoms with E-state index >= 15 is 0 Å². The molecule has 2 aliphatic rings. The molecule has 0 atom stereocenters. The Balaban J connectivity index is 1.19. The monoisotopic (exact) mass is 508 g/mol. The van der Waals surface area contributed by atoms with Crippen molar-refractivity contribution in [3.05, 3.63) is 53.0 Å². The lowest BCUT2D eigenvalue weighted by molar-refractivity contribution is 0.0794. The highest BCUT2D eigenvalue weighted by molar-refractivity contribution is 5.95. The summed E-state index contributed by atoms with van der Waals surface area (Å²) in [4.78, 5) is 23.0. The van der Waals surface area contributed by atoms with Crippen LogP contribution in [0.3, 0.4) is 0 Å². The molecule has 1 amide bonds. The minimum atomic E-state index is -2.79. The van der Waals surface area contributed by atoms with Crippen molar-refractivity contribution in [2.75, 3.05) is 26.2 Å². The summed E-state index contributed by atoms with van der Waals surface area (Å²) in [5, 5.41) is 2.91. The molecule has 0 radical (unpaired) electrons. The van der Waals surface area contributed by atoms with E-state index in [-0.39, 0.29) is 17.5 Å². The van der Waals surface area contributed by atoms with Crippen LogP contribution in [-0.2, 0) is 12.8 Å². The zero-order valence-electron chi connectivity index (χ0n) is 20.1. The van der Waals surface area contributed by atoms with E-state index < -0.39 is 31.1 Å². The molecule has 10 heteroatoms. The number of carbonyl (C=O) groups is 1. The Labute approximate surface area is 208 Å². The lowest BCUT2D eigenvalue weighted by Gasteiger charge is -2.31. The van der Waals surface area contributed by atoms with Gasteiger partial charge in [-0.15, -0.1) is 0 Å². The molecule has 196 valence electrons. The minimum Gasteiger partial charge on any atom is -0.472 e. The number of halogens is 4. The number of rotatable bonds is 9. The van der Waals surface area contributed by atoms with Gasteiger partial charge in [-0.1, -0.05) is 6.07 Å². The van der Waals surface area contributed by atoms with Crippen molar-refractivity contribution in [1.29, 1.82) is 0 Å². The predicted octanol–water partition coefficient (Wildman–Crippen LogP) is 4.84. The Hall–Kier alpha value is -2.75. The van der Waals surface area contributed by atoms with Crippen molar-refractivity contribution >= 4 is 5.91 Å². The van der Waals surface area contributed by atoms with Crippen LogP contribution < -0.4 is 10.1 Å². The standard InChI is InChI=1S/C26H32F4N4O2/c27-22(28)16-36-23-8-5-18-10-14-34(15-11-21(18)33-23)13-9-17-3-6-19(7-4-17)32-26(35)20-2-1-12-31-24(20)25(29)30/h1-2,5,8,12,17,19,22,25H,3-4,6-7,9-11,13-16H2,(H,32,35). The molecule has 1 N–H and O–H groups in total. The topological polar surface area (TPSA) is 67.4 Å². The van der Waals surface area contributed by atoms with Gasteiger partial charge in [0.2, 0.25) is 5.88 Å². The zero-order valence-corrected chi connectivity index (χ0v) is 20.1. The largest absolute Gasteiger partial charge is 0.472 e. The first kappa shape index (κ1) is 26.3. The third-order valence-electron chi connectivity index (χ3n) is 7.09. The fourth-order valence-corrected chi connectivity index (χ4v) is 5.07. The number of amides is 1. The molecule has 6 nitrogen and oxygen atoms in total. The molecule has 0 saturated heterocycles. The summed E-state index contributed by atoms with van der Waals surface area (Å²) < 4.78 is 56.2. The molecule has 3 heterocycles. The average molecular weight is 509 g/mol. The lowest BCUT2D eigenvalue weighted by Crippen LogP contribution is -2.38. The van der Waals surface area contributed by atoms with Crippen molar-refractivity contribution in [3.8, 4) is 5.88 Å². The highest BCUT2D eigenvalue weighted by Crippen LogP contribution is 2.28. The average Bonchev–Trinajstić information content (AvgIpc) is 3.09. The number of hydrogen-bond donors (Lipinski definition) is 1. The fraction of sp³-hybridized carbons (Fsp3) is 0.577. The molecule has 0 spiro atoms. The van der Waals surface area contributed by atoms with Gasteiger partial charge >= 0.3 is 0 Å². The molecule has 1 aliphatic heterocycles. The summed E-state index contributed by atoms with van der Waals surface area (Å²) in [5.74, 6) is 0.328. The van der Waals surface area contributed by atoms with Gasteiger partial charge in [-0.2, -0.15) is 0 Å². The lowest BCUT2D eigenvalue weighted by atomic mass is 9.84. The van der Waals surface area contributed by atoms with Crippen molar-refractivity contribution in [2.45, 2.75) is 63.8 Å². The summed E-state index contributed by atoms with van der Waals surface area (Å²) in [6.07, 6.45) is 2.28. The molecule has 2 aromatic heterocycles.